The van der Waals surface area contributed by atoms with Crippen LogP contribution in [0.4, 0.5) is 0 Å². The van der Waals surface area contributed by atoms with Gasteiger partial charge < -0.3 is 30.1 Å². The van der Waals surface area contributed by atoms with Gasteiger partial charge in [0, 0.05) is 37.8 Å². The summed E-state index contributed by atoms with van der Waals surface area (Å²) < 4.78 is 5.73. The maximum Gasteiger partial charge on any atom is 0.258 e. The minimum atomic E-state index is -0.779. The van der Waals surface area contributed by atoms with Gasteiger partial charge in [0.1, 0.15) is 17.8 Å². The van der Waals surface area contributed by atoms with Crippen LogP contribution in [0.1, 0.15) is 70.2 Å². The predicted octanol–water partition coefficient (Wildman–Crippen LogP) is 2.03. The average Bonchev–Trinajstić information content (AvgIpc) is 3.43. The molecule has 4 amide bonds. The van der Waals surface area contributed by atoms with Crippen molar-refractivity contribution in [2.24, 2.45) is 5.92 Å². The largest absolute Gasteiger partial charge is 0.483 e. The first-order valence-corrected chi connectivity index (χ1v) is 14.6. The second kappa shape index (κ2) is 12.6. The number of para-hydroxylation sites is 1. The maximum atomic E-state index is 13.8. The van der Waals surface area contributed by atoms with Crippen LogP contribution in [-0.2, 0) is 14.4 Å². The van der Waals surface area contributed by atoms with E-state index < -0.39 is 18.0 Å². The summed E-state index contributed by atoms with van der Waals surface area (Å²) in [6.07, 6.45) is 3.72. The van der Waals surface area contributed by atoms with E-state index in [0.717, 1.165) is 25.8 Å². The Bertz CT molecular complexity index is 1100. The number of carbonyl (C=O) groups is 4. The molecule has 0 aromatic heterocycles. The van der Waals surface area contributed by atoms with Gasteiger partial charge in [0.2, 0.25) is 11.8 Å². The van der Waals surface area contributed by atoms with Crippen LogP contribution in [0.2, 0.25) is 0 Å². The molecule has 2 N–H and O–H groups in total. The third-order valence-electron chi connectivity index (χ3n) is 8.33. The van der Waals surface area contributed by atoms with E-state index in [1.807, 2.05) is 25.7 Å². The van der Waals surface area contributed by atoms with Crippen LogP contribution >= 0.6 is 0 Å². The summed E-state index contributed by atoms with van der Waals surface area (Å²) in [6, 6.07) is 5.71. The number of nitrogens with zero attached hydrogens (tertiary/aromatic N) is 3. The fourth-order valence-corrected chi connectivity index (χ4v) is 5.48. The van der Waals surface area contributed by atoms with E-state index >= 15 is 0 Å². The first-order valence-electron chi connectivity index (χ1n) is 14.6. The topological polar surface area (TPSA) is 111 Å². The van der Waals surface area contributed by atoms with Crippen LogP contribution in [0.5, 0.6) is 5.75 Å². The van der Waals surface area contributed by atoms with Gasteiger partial charge in [0.25, 0.3) is 11.8 Å². The third kappa shape index (κ3) is 7.33. The first-order chi connectivity index (χ1) is 19.0. The van der Waals surface area contributed by atoms with E-state index in [4.69, 9.17) is 4.74 Å². The summed E-state index contributed by atoms with van der Waals surface area (Å²) in [5.74, 6) is -0.483. The van der Waals surface area contributed by atoms with Gasteiger partial charge in [-0.2, -0.15) is 0 Å². The summed E-state index contributed by atoms with van der Waals surface area (Å²) in [4.78, 5) is 58.9. The molecule has 10 nitrogen and oxygen atoms in total. The van der Waals surface area contributed by atoms with Gasteiger partial charge in [-0.3, -0.25) is 19.2 Å². The molecule has 2 saturated heterocycles. The lowest BCUT2D eigenvalue weighted by Gasteiger charge is -2.40. The van der Waals surface area contributed by atoms with Crippen molar-refractivity contribution in [1.29, 1.82) is 0 Å². The van der Waals surface area contributed by atoms with E-state index in [1.54, 1.807) is 29.2 Å². The number of nitrogens with one attached hydrogen (secondary N) is 2. The summed E-state index contributed by atoms with van der Waals surface area (Å²) >= 11 is 0. The second-order valence-electron chi connectivity index (χ2n) is 12.4. The summed E-state index contributed by atoms with van der Waals surface area (Å²) in [5.41, 5.74) is 0.106. The Morgan fingerprint density at radius 1 is 1.10 bits per heavy atom. The number of hydrogen-bond acceptors (Lipinski definition) is 6. The van der Waals surface area contributed by atoms with Crippen molar-refractivity contribution in [2.45, 2.75) is 83.5 Å². The molecule has 3 aliphatic rings. The Balaban J connectivity index is 1.43. The zero-order valence-electron chi connectivity index (χ0n) is 24.6. The minimum absolute atomic E-state index is 0.00231. The van der Waals surface area contributed by atoms with Crippen molar-refractivity contribution >= 4 is 23.6 Å². The van der Waals surface area contributed by atoms with Crippen molar-refractivity contribution < 1.29 is 23.9 Å². The van der Waals surface area contributed by atoms with Crippen LogP contribution in [0.15, 0.2) is 24.3 Å². The Labute approximate surface area is 237 Å². The van der Waals surface area contributed by atoms with E-state index in [9.17, 15) is 19.2 Å². The van der Waals surface area contributed by atoms with Crippen molar-refractivity contribution in [3.05, 3.63) is 29.8 Å². The van der Waals surface area contributed by atoms with Crippen molar-refractivity contribution in [2.75, 3.05) is 39.8 Å². The van der Waals surface area contributed by atoms with Crippen LogP contribution < -0.4 is 15.4 Å². The summed E-state index contributed by atoms with van der Waals surface area (Å²) in [7, 11) is 2.06. The molecule has 220 valence electrons. The second-order valence-corrected chi connectivity index (χ2v) is 12.4. The number of hydrogen-bond donors (Lipinski definition) is 2. The maximum absolute atomic E-state index is 13.8. The van der Waals surface area contributed by atoms with Gasteiger partial charge in [-0.1, -0.05) is 26.0 Å². The number of likely N-dealkylation sites (N-methyl/N-ethyl adjacent to an activating group) is 1. The predicted molar refractivity (Wildman–Crippen MR) is 152 cm³/mol. The zero-order valence-corrected chi connectivity index (χ0v) is 24.6. The van der Waals surface area contributed by atoms with Crippen molar-refractivity contribution in [3.8, 4) is 5.75 Å². The molecule has 1 aliphatic carbocycles. The first kappa shape index (κ1) is 29.8. The lowest BCUT2D eigenvalue weighted by molar-refractivity contribution is -0.146. The fourth-order valence-electron chi connectivity index (χ4n) is 5.48. The van der Waals surface area contributed by atoms with Crippen LogP contribution in [0, 0.1) is 5.92 Å². The molecule has 3 atom stereocenters. The molecule has 3 fully saturated rings. The normalized spacial score (nSPS) is 23.1. The highest BCUT2D eigenvalue weighted by Gasteiger charge is 2.41. The van der Waals surface area contributed by atoms with Gasteiger partial charge in [-0.15, -0.1) is 0 Å². The molecule has 0 bridgehead atoms. The number of likely N-dealkylation sites (tertiary alicyclic amines) is 1. The Hall–Kier alpha value is -3.14. The number of benzene rings is 1. The number of carbonyl (C=O) groups excluding carboxylic acids is 4. The molecule has 40 heavy (non-hydrogen) atoms. The average molecular weight is 556 g/mol. The minimum Gasteiger partial charge on any atom is -0.483 e. The molecule has 4 rings (SSSR count). The monoisotopic (exact) mass is 555 g/mol. The van der Waals surface area contributed by atoms with Gasteiger partial charge in [0.15, 0.2) is 6.61 Å². The smallest absolute Gasteiger partial charge is 0.258 e. The molecule has 1 aromatic carbocycles. The SMILES string of the molecule is CC(C)C[C@@H](NC(=O)c1ccccc1OCC(=O)NC1(C)CC1)C(=O)N1CCC[C@@H]1C(=O)N1CCN(C)[C@@H](C)C1. The van der Waals surface area contributed by atoms with Gasteiger partial charge in [-0.05, 0) is 71.0 Å². The van der Waals surface area contributed by atoms with E-state index in [-0.39, 0.29) is 53.1 Å². The molecule has 10 heteroatoms. The Morgan fingerprint density at radius 2 is 1.82 bits per heavy atom. The highest BCUT2D eigenvalue weighted by Crippen LogP contribution is 2.34. The summed E-state index contributed by atoms with van der Waals surface area (Å²) in [6.45, 7) is 10.5. The molecular weight excluding hydrogens is 510 g/mol. The van der Waals surface area contributed by atoms with Gasteiger partial charge in [0.05, 0.1) is 5.56 Å². The van der Waals surface area contributed by atoms with Crippen molar-refractivity contribution in [1.82, 2.24) is 25.3 Å². The molecule has 1 aromatic rings. The molecular formula is C30H45N5O5. The third-order valence-corrected chi connectivity index (χ3v) is 8.33. The summed E-state index contributed by atoms with van der Waals surface area (Å²) in [5, 5.41) is 5.87. The lowest BCUT2D eigenvalue weighted by atomic mass is 10.0. The molecule has 2 heterocycles. The lowest BCUT2D eigenvalue weighted by Crippen LogP contribution is -2.58. The van der Waals surface area contributed by atoms with Gasteiger partial charge in [-0.25, -0.2) is 0 Å². The number of amides is 4. The number of rotatable bonds is 10. The molecule has 0 unspecified atom stereocenters. The number of piperazine rings is 1. The van der Waals surface area contributed by atoms with Crippen molar-refractivity contribution in [3.63, 3.8) is 0 Å². The fraction of sp³-hybridized carbons (Fsp3) is 0.667. The quantitative estimate of drug-likeness (QED) is 0.457. The van der Waals surface area contributed by atoms with E-state index in [1.165, 1.54) is 0 Å². The molecule has 0 spiro atoms. The Kier molecular flexibility index (Phi) is 9.38. The molecule has 0 radical (unpaired) electrons. The van der Waals surface area contributed by atoms with Crippen LogP contribution in [0.25, 0.3) is 0 Å². The molecule has 1 saturated carbocycles. The van der Waals surface area contributed by atoms with Gasteiger partial charge >= 0.3 is 0 Å². The highest BCUT2D eigenvalue weighted by atomic mass is 16.5. The molecule has 2 aliphatic heterocycles. The Morgan fingerprint density at radius 3 is 2.50 bits per heavy atom. The van der Waals surface area contributed by atoms with Crippen LogP contribution in [-0.4, -0.2) is 102 Å². The van der Waals surface area contributed by atoms with E-state index in [0.29, 0.717) is 32.5 Å². The number of ether oxygens (including phenoxy) is 1. The zero-order chi connectivity index (χ0) is 29.0. The highest BCUT2D eigenvalue weighted by molar-refractivity contribution is 6.00. The van der Waals surface area contributed by atoms with E-state index in [2.05, 4.69) is 29.5 Å². The van der Waals surface area contributed by atoms with Crippen LogP contribution in [0.3, 0.4) is 0 Å². The standard InChI is InChI=1S/C30H45N5O5/c1-20(2)17-23(28(38)35-14-8-10-24(35)29(39)34-16-15-33(5)21(3)18-34)31-27(37)22-9-6-7-11-25(22)40-19-26(36)32-30(4)12-13-30/h6-7,9,11,20-21,23-24H,8,10,12-19H2,1-5H3,(H,31,37)(H,32,36)/t21-,23+,24+/m0/s1.